The molecule has 0 aliphatic carbocycles. The number of nitrogens with zero attached hydrogens (tertiary/aromatic N) is 2. The van der Waals surface area contributed by atoms with E-state index in [0.717, 1.165) is 35.7 Å². The molecule has 78 valence electrons. The van der Waals surface area contributed by atoms with Crippen LogP contribution in [0.1, 0.15) is 19.8 Å². The van der Waals surface area contributed by atoms with Gasteiger partial charge in [0.2, 0.25) is 0 Å². The SMILES string of the molecule is CC1(O)CCN(c2nc(Br)cs2)CC1. The summed E-state index contributed by atoms with van der Waals surface area (Å²) in [5.74, 6) is 0. The van der Waals surface area contributed by atoms with Crippen molar-refractivity contribution < 1.29 is 5.11 Å². The molecule has 5 heteroatoms. The number of piperidine rings is 1. The first-order valence-electron chi connectivity index (χ1n) is 4.65. The normalized spacial score (nSPS) is 21.2. The maximum Gasteiger partial charge on any atom is 0.186 e. The Morgan fingerprint density at radius 3 is 2.71 bits per heavy atom. The zero-order valence-corrected chi connectivity index (χ0v) is 10.4. The second-order valence-corrected chi connectivity index (χ2v) is 5.59. The van der Waals surface area contributed by atoms with E-state index >= 15 is 0 Å². The summed E-state index contributed by atoms with van der Waals surface area (Å²) in [7, 11) is 0. The fourth-order valence-corrected chi connectivity index (χ4v) is 2.87. The van der Waals surface area contributed by atoms with Gasteiger partial charge in [0.25, 0.3) is 0 Å². The standard InChI is InChI=1S/C9H13BrN2OS/c1-9(13)2-4-12(5-3-9)8-11-7(10)6-14-8/h6,13H,2-5H2,1H3. The summed E-state index contributed by atoms with van der Waals surface area (Å²) in [5, 5.41) is 12.8. The van der Waals surface area contributed by atoms with Crippen molar-refractivity contribution in [3.8, 4) is 0 Å². The van der Waals surface area contributed by atoms with Crippen LogP contribution in [0.4, 0.5) is 5.13 Å². The van der Waals surface area contributed by atoms with E-state index in [4.69, 9.17) is 0 Å². The Bertz CT molecular complexity index is 316. The van der Waals surface area contributed by atoms with E-state index in [1.54, 1.807) is 11.3 Å². The van der Waals surface area contributed by atoms with Gasteiger partial charge in [-0.2, -0.15) is 0 Å². The van der Waals surface area contributed by atoms with Crippen molar-refractivity contribution in [1.29, 1.82) is 0 Å². The molecule has 0 unspecified atom stereocenters. The summed E-state index contributed by atoms with van der Waals surface area (Å²) in [6, 6.07) is 0. The van der Waals surface area contributed by atoms with E-state index in [1.807, 2.05) is 12.3 Å². The van der Waals surface area contributed by atoms with Crippen molar-refractivity contribution in [2.24, 2.45) is 0 Å². The summed E-state index contributed by atoms with van der Waals surface area (Å²) in [4.78, 5) is 6.59. The van der Waals surface area contributed by atoms with Gasteiger partial charge in [0.05, 0.1) is 5.60 Å². The molecule has 14 heavy (non-hydrogen) atoms. The average molecular weight is 277 g/mol. The predicted molar refractivity (Wildman–Crippen MR) is 61.9 cm³/mol. The maximum atomic E-state index is 9.79. The lowest BCUT2D eigenvalue weighted by molar-refractivity contribution is 0.0351. The van der Waals surface area contributed by atoms with E-state index < -0.39 is 5.60 Å². The minimum Gasteiger partial charge on any atom is -0.390 e. The van der Waals surface area contributed by atoms with E-state index in [0.29, 0.717) is 0 Å². The molecule has 0 spiro atoms. The molecule has 1 aromatic rings. The molecule has 0 aromatic carbocycles. The van der Waals surface area contributed by atoms with Crippen molar-refractivity contribution in [2.45, 2.75) is 25.4 Å². The predicted octanol–water partition coefficient (Wildman–Crippen LogP) is 2.26. The smallest absolute Gasteiger partial charge is 0.186 e. The fourth-order valence-electron chi connectivity index (χ4n) is 1.57. The summed E-state index contributed by atoms with van der Waals surface area (Å²) in [5.41, 5.74) is -0.481. The molecule has 3 nitrogen and oxygen atoms in total. The number of thiazole rings is 1. The van der Waals surface area contributed by atoms with E-state index in [9.17, 15) is 5.11 Å². The topological polar surface area (TPSA) is 36.4 Å². The number of hydrogen-bond donors (Lipinski definition) is 1. The van der Waals surface area contributed by atoms with Crippen LogP contribution in [-0.4, -0.2) is 28.8 Å². The van der Waals surface area contributed by atoms with Gasteiger partial charge in [0, 0.05) is 18.5 Å². The van der Waals surface area contributed by atoms with Gasteiger partial charge in [-0.15, -0.1) is 11.3 Å². The second-order valence-electron chi connectivity index (χ2n) is 3.94. The average Bonchev–Trinajstić information content (AvgIpc) is 2.52. The van der Waals surface area contributed by atoms with Crippen molar-refractivity contribution in [2.75, 3.05) is 18.0 Å². The molecule has 1 aromatic heterocycles. The highest BCUT2D eigenvalue weighted by Crippen LogP contribution is 2.29. The van der Waals surface area contributed by atoms with Gasteiger partial charge < -0.3 is 10.0 Å². The zero-order valence-electron chi connectivity index (χ0n) is 8.03. The van der Waals surface area contributed by atoms with Gasteiger partial charge in [-0.3, -0.25) is 0 Å². The van der Waals surface area contributed by atoms with Crippen LogP contribution in [-0.2, 0) is 0 Å². The molecule has 2 heterocycles. The Morgan fingerprint density at radius 1 is 1.57 bits per heavy atom. The lowest BCUT2D eigenvalue weighted by Crippen LogP contribution is -2.42. The summed E-state index contributed by atoms with van der Waals surface area (Å²) in [6.45, 7) is 3.70. The van der Waals surface area contributed by atoms with Crippen LogP contribution in [0, 0.1) is 0 Å². The molecule has 0 saturated carbocycles. The molecule has 0 amide bonds. The van der Waals surface area contributed by atoms with Gasteiger partial charge in [-0.05, 0) is 35.7 Å². The van der Waals surface area contributed by atoms with Crippen LogP contribution < -0.4 is 4.90 Å². The van der Waals surface area contributed by atoms with Crippen molar-refractivity contribution >= 4 is 32.4 Å². The minimum atomic E-state index is -0.481. The van der Waals surface area contributed by atoms with Gasteiger partial charge in [-0.1, -0.05) is 0 Å². The first kappa shape index (κ1) is 10.4. The Balaban J connectivity index is 2.02. The van der Waals surface area contributed by atoms with Crippen LogP contribution in [0.3, 0.4) is 0 Å². The first-order valence-corrected chi connectivity index (χ1v) is 6.32. The number of rotatable bonds is 1. The Labute approximate surface area is 95.9 Å². The van der Waals surface area contributed by atoms with E-state index in [1.165, 1.54) is 0 Å². The van der Waals surface area contributed by atoms with E-state index in [2.05, 4.69) is 25.8 Å². The first-order chi connectivity index (χ1) is 6.57. The Kier molecular flexibility index (Phi) is 2.81. The molecule has 1 N–H and O–H groups in total. The van der Waals surface area contributed by atoms with Gasteiger partial charge in [0.1, 0.15) is 4.60 Å². The molecule has 0 bridgehead atoms. The van der Waals surface area contributed by atoms with Crippen molar-refractivity contribution in [3.05, 3.63) is 9.98 Å². The molecule has 1 aliphatic heterocycles. The Morgan fingerprint density at radius 2 is 2.21 bits per heavy atom. The quantitative estimate of drug-likeness (QED) is 0.855. The van der Waals surface area contributed by atoms with Gasteiger partial charge >= 0.3 is 0 Å². The van der Waals surface area contributed by atoms with Crippen LogP contribution in [0.2, 0.25) is 0 Å². The number of hydrogen-bond acceptors (Lipinski definition) is 4. The fraction of sp³-hybridized carbons (Fsp3) is 0.667. The van der Waals surface area contributed by atoms with E-state index in [-0.39, 0.29) is 0 Å². The second kappa shape index (κ2) is 3.79. The number of aliphatic hydroxyl groups is 1. The van der Waals surface area contributed by atoms with Crippen molar-refractivity contribution in [1.82, 2.24) is 4.98 Å². The van der Waals surface area contributed by atoms with Crippen LogP contribution in [0.25, 0.3) is 0 Å². The van der Waals surface area contributed by atoms with Crippen molar-refractivity contribution in [3.63, 3.8) is 0 Å². The zero-order chi connectivity index (χ0) is 10.2. The number of halogens is 1. The molecule has 2 rings (SSSR count). The van der Waals surface area contributed by atoms with Crippen LogP contribution in [0.5, 0.6) is 0 Å². The number of anilines is 1. The summed E-state index contributed by atoms with van der Waals surface area (Å²) in [6.07, 6.45) is 1.65. The third kappa shape index (κ3) is 2.27. The Hall–Kier alpha value is -0.130. The summed E-state index contributed by atoms with van der Waals surface area (Å²) >= 11 is 4.99. The molecule has 0 atom stereocenters. The molecule has 0 radical (unpaired) electrons. The molecule has 1 saturated heterocycles. The molecular weight excluding hydrogens is 264 g/mol. The highest BCUT2D eigenvalue weighted by atomic mass is 79.9. The molecule has 1 fully saturated rings. The van der Waals surface area contributed by atoms with Crippen LogP contribution in [0.15, 0.2) is 9.98 Å². The molecule has 1 aliphatic rings. The minimum absolute atomic E-state index is 0.481. The third-order valence-electron chi connectivity index (χ3n) is 2.58. The highest BCUT2D eigenvalue weighted by molar-refractivity contribution is 9.10. The third-order valence-corrected chi connectivity index (χ3v) is 4.19. The maximum absolute atomic E-state index is 9.79. The van der Waals surface area contributed by atoms with Crippen LogP contribution >= 0.6 is 27.3 Å². The largest absolute Gasteiger partial charge is 0.390 e. The van der Waals surface area contributed by atoms with Gasteiger partial charge in [0.15, 0.2) is 5.13 Å². The summed E-state index contributed by atoms with van der Waals surface area (Å²) < 4.78 is 0.898. The number of aromatic nitrogens is 1. The lowest BCUT2D eigenvalue weighted by atomic mass is 9.94. The highest BCUT2D eigenvalue weighted by Gasteiger charge is 2.28. The van der Waals surface area contributed by atoms with Gasteiger partial charge in [-0.25, -0.2) is 4.98 Å². The molecular formula is C9H13BrN2OS. The monoisotopic (exact) mass is 276 g/mol. The lowest BCUT2D eigenvalue weighted by Gasteiger charge is -2.35.